The maximum absolute atomic E-state index is 9.90. The number of ether oxygens (including phenoxy) is 1. The lowest BCUT2D eigenvalue weighted by Crippen LogP contribution is -1.97. The molecule has 1 unspecified atom stereocenters. The summed E-state index contributed by atoms with van der Waals surface area (Å²) in [5, 5.41) is 9.90. The van der Waals surface area contributed by atoms with E-state index in [0.29, 0.717) is 6.61 Å². The Bertz CT molecular complexity index is 327. The zero-order valence-corrected chi connectivity index (χ0v) is 8.30. The van der Waals surface area contributed by atoms with Gasteiger partial charge in [-0.25, -0.2) is 0 Å². The van der Waals surface area contributed by atoms with Crippen LogP contribution in [0.3, 0.4) is 0 Å². The SMILES string of the molecule is Cc1ccc(C(O)C2=COCC2)s1. The van der Waals surface area contributed by atoms with Crippen LogP contribution in [0.15, 0.2) is 24.0 Å². The predicted molar refractivity (Wildman–Crippen MR) is 52.7 cm³/mol. The third kappa shape index (κ3) is 1.76. The summed E-state index contributed by atoms with van der Waals surface area (Å²) >= 11 is 1.64. The summed E-state index contributed by atoms with van der Waals surface area (Å²) < 4.78 is 5.09. The van der Waals surface area contributed by atoms with E-state index in [-0.39, 0.29) is 0 Å². The highest BCUT2D eigenvalue weighted by molar-refractivity contribution is 7.12. The molecule has 0 aliphatic carbocycles. The van der Waals surface area contributed by atoms with E-state index >= 15 is 0 Å². The molecule has 0 aromatic carbocycles. The zero-order valence-electron chi connectivity index (χ0n) is 7.49. The van der Waals surface area contributed by atoms with E-state index in [2.05, 4.69) is 0 Å². The van der Waals surface area contributed by atoms with Gasteiger partial charge in [-0.15, -0.1) is 11.3 Å². The van der Waals surface area contributed by atoms with Crippen molar-refractivity contribution in [3.05, 3.63) is 33.7 Å². The highest BCUT2D eigenvalue weighted by Gasteiger charge is 2.18. The van der Waals surface area contributed by atoms with Gasteiger partial charge in [-0.05, 0) is 19.1 Å². The first-order valence-electron chi connectivity index (χ1n) is 4.32. The fraction of sp³-hybridized carbons (Fsp3) is 0.400. The van der Waals surface area contributed by atoms with Crippen LogP contribution in [0, 0.1) is 6.92 Å². The lowest BCUT2D eigenvalue weighted by molar-refractivity contribution is 0.217. The van der Waals surface area contributed by atoms with Gasteiger partial charge < -0.3 is 9.84 Å². The molecule has 1 N–H and O–H groups in total. The third-order valence-electron chi connectivity index (χ3n) is 2.13. The molecule has 0 saturated heterocycles. The summed E-state index contributed by atoms with van der Waals surface area (Å²) in [4.78, 5) is 2.24. The van der Waals surface area contributed by atoms with Crippen LogP contribution in [0.1, 0.15) is 22.3 Å². The van der Waals surface area contributed by atoms with Gasteiger partial charge >= 0.3 is 0 Å². The molecular weight excluding hydrogens is 184 g/mol. The first kappa shape index (κ1) is 8.78. The van der Waals surface area contributed by atoms with Crippen molar-refractivity contribution in [2.45, 2.75) is 19.4 Å². The number of aryl methyl sites for hydroxylation is 1. The molecule has 0 radical (unpaired) electrons. The average Bonchev–Trinajstić information content (AvgIpc) is 2.72. The quantitative estimate of drug-likeness (QED) is 0.787. The van der Waals surface area contributed by atoms with Crippen molar-refractivity contribution in [1.82, 2.24) is 0 Å². The fourth-order valence-corrected chi connectivity index (χ4v) is 2.29. The van der Waals surface area contributed by atoms with Crippen LogP contribution in [0.25, 0.3) is 0 Å². The molecule has 0 spiro atoms. The van der Waals surface area contributed by atoms with Crippen LogP contribution in [-0.2, 0) is 4.74 Å². The van der Waals surface area contributed by atoms with Crippen molar-refractivity contribution < 1.29 is 9.84 Å². The Morgan fingerprint density at radius 3 is 2.92 bits per heavy atom. The van der Waals surface area contributed by atoms with Gasteiger partial charge in [0.25, 0.3) is 0 Å². The van der Waals surface area contributed by atoms with Gasteiger partial charge in [0.05, 0.1) is 12.9 Å². The van der Waals surface area contributed by atoms with Crippen LogP contribution < -0.4 is 0 Å². The molecule has 13 heavy (non-hydrogen) atoms. The monoisotopic (exact) mass is 196 g/mol. The maximum atomic E-state index is 9.90. The molecule has 1 aliphatic rings. The molecule has 70 valence electrons. The van der Waals surface area contributed by atoms with Gasteiger partial charge in [-0.1, -0.05) is 0 Å². The van der Waals surface area contributed by atoms with Crippen LogP contribution >= 0.6 is 11.3 Å². The second kappa shape index (κ2) is 3.52. The van der Waals surface area contributed by atoms with Gasteiger partial charge in [0.1, 0.15) is 6.10 Å². The third-order valence-corrected chi connectivity index (χ3v) is 3.18. The van der Waals surface area contributed by atoms with Crippen molar-refractivity contribution in [2.24, 2.45) is 0 Å². The van der Waals surface area contributed by atoms with E-state index in [4.69, 9.17) is 4.74 Å². The first-order chi connectivity index (χ1) is 6.27. The molecule has 1 aromatic heterocycles. The summed E-state index contributed by atoms with van der Waals surface area (Å²) in [6.07, 6.45) is 2.07. The van der Waals surface area contributed by atoms with Crippen LogP contribution in [0.5, 0.6) is 0 Å². The Kier molecular flexibility index (Phi) is 2.38. The van der Waals surface area contributed by atoms with Crippen LogP contribution in [-0.4, -0.2) is 11.7 Å². The van der Waals surface area contributed by atoms with Gasteiger partial charge in [-0.3, -0.25) is 0 Å². The second-order valence-electron chi connectivity index (χ2n) is 3.16. The Labute approximate surface area is 81.5 Å². The molecule has 2 heterocycles. The van der Waals surface area contributed by atoms with E-state index in [0.717, 1.165) is 16.9 Å². The summed E-state index contributed by atoms with van der Waals surface area (Å²) in [6, 6.07) is 4.00. The standard InChI is InChI=1S/C10H12O2S/c1-7-2-3-9(13-7)10(11)8-4-5-12-6-8/h2-3,6,10-11H,4-5H2,1H3. The molecule has 0 bridgehead atoms. The summed E-state index contributed by atoms with van der Waals surface area (Å²) in [5.74, 6) is 0. The number of hydrogen-bond donors (Lipinski definition) is 1. The van der Waals surface area contributed by atoms with Crippen LogP contribution in [0.4, 0.5) is 0 Å². The van der Waals surface area contributed by atoms with Gasteiger partial charge in [0, 0.05) is 21.7 Å². The van der Waals surface area contributed by atoms with E-state index < -0.39 is 6.10 Å². The summed E-state index contributed by atoms with van der Waals surface area (Å²) in [5.41, 5.74) is 0.988. The molecule has 1 aliphatic heterocycles. The summed E-state index contributed by atoms with van der Waals surface area (Å²) in [6.45, 7) is 2.75. The van der Waals surface area contributed by atoms with E-state index in [1.807, 2.05) is 19.1 Å². The highest BCUT2D eigenvalue weighted by Crippen LogP contribution is 2.31. The van der Waals surface area contributed by atoms with E-state index in [9.17, 15) is 5.11 Å². The number of hydrogen-bond acceptors (Lipinski definition) is 3. The lowest BCUT2D eigenvalue weighted by atomic mass is 10.1. The van der Waals surface area contributed by atoms with Gasteiger partial charge in [-0.2, -0.15) is 0 Å². The van der Waals surface area contributed by atoms with E-state index in [1.54, 1.807) is 17.6 Å². The number of rotatable bonds is 2. The normalized spacial score (nSPS) is 18.2. The number of aliphatic hydroxyl groups excluding tert-OH is 1. The van der Waals surface area contributed by atoms with Crippen molar-refractivity contribution in [3.63, 3.8) is 0 Å². The summed E-state index contributed by atoms with van der Waals surface area (Å²) in [7, 11) is 0. The maximum Gasteiger partial charge on any atom is 0.113 e. The Morgan fingerprint density at radius 1 is 1.54 bits per heavy atom. The Morgan fingerprint density at radius 2 is 2.38 bits per heavy atom. The van der Waals surface area contributed by atoms with Crippen molar-refractivity contribution in [2.75, 3.05) is 6.61 Å². The highest BCUT2D eigenvalue weighted by atomic mass is 32.1. The predicted octanol–water partition coefficient (Wildman–Crippen LogP) is 2.39. The molecule has 3 heteroatoms. The van der Waals surface area contributed by atoms with Crippen molar-refractivity contribution >= 4 is 11.3 Å². The minimum Gasteiger partial charge on any atom is -0.501 e. The molecule has 0 amide bonds. The smallest absolute Gasteiger partial charge is 0.113 e. The van der Waals surface area contributed by atoms with Crippen molar-refractivity contribution in [3.8, 4) is 0 Å². The zero-order chi connectivity index (χ0) is 9.26. The molecular formula is C10H12O2S. The number of aliphatic hydroxyl groups is 1. The molecule has 2 rings (SSSR count). The number of thiophene rings is 1. The Balaban J connectivity index is 2.16. The topological polar surface area (TPSA) is 29.5 Å². The molecule has 0 saturated carbocycles. The molecule has 1 atom stereocenters. The molecule has 0 fully saturated rings. The Hall–Kier alpha value is -0.800. The average molecular weight is 196 g/mol. The minimum atomic E-state index is -0.457. The second-order valence-corrected chi connectivity index (χ2v) is 4.48. The molecule has 1 aromatic rings. The largest absolute Gasteiger partial charge is 0.501 e. The van der Waals surface area contributed by atoms with Crippen LogP contribution in [0.2, 0.25) is 0 Å². The van der Waals surface area contributed by atoms with Gasteiger partial charge in [0.2, 0.25) is 0 Å². The fourth-order valence-electron chi connectivity index (χ4n) is 1.39. The van der Waals surface area contributed by atoms with Gasteiger partial charge in [0.15, 0.2) is 0 Å². The minimum absolute atomic E-state index is 0.457. The first-order valence-corrected chi connectivity index (χ1v) is 5.14. The van der Waals surface area contributed by atoms with Crippen molar-refractivity contribution in [1.29, 1.82) is 0 Å². The van der Waals surface area contributed by atoms with E-state index in [1.165, 1.54) is 4.88 Å². The molecule has 2 nitrogen and oxygen atoms in total. The lowest BCUT2D eigenvalue weighted by Gasteiger charge is -2.06.